The number of hydrogen-bond donors (Lipinski definition) is 7. The van der Waals surface area contributed by atoms with Gasteiger partial charge in [0.05, 0.1) is 67.3 Å². The molecule has 6 saturated carbocycles. The topological polar surface area (TPSA) is 294 Å². The van der Waals surface area contributed by atoms with Gasteiger partial charge >= 0.3 is 11.3 Å². The van der Waals surface area contributed by atoms with Crippen LogP contribution in [0.25, 0.3) is 10.4 Å². The second-order valence-corrected chi connectivity index (χ2v) is 25.7. The molecule has 22 atom stereocenters. The third-order valence-corrected chi connectivity index (χ3v) is 22.6. The first-order chi connectivity index (χ1) is 36.2. The van der Waals surface area contributed by atoms with Gasteiger partial charge in [0.25, 0.3) is 0 Å². The highest BCUT2D eigenvalue weighted by Crippen LogP contribution is 2.72. The zero-order valence-electron chi connectivity index (χ0n) is 44.5. The molecular weight excluding hydrogens is 977 g/mol. The number of nitrogens with zero attached hydrogens (tertiary/aromatic N) is 3. The van der Waals surface area contributed by atoms with Crippen LogP contribution in [0.4, 0.5) is 0 Å². The lowest BCUT2D eigenvalue weighted by molar-refractivity contribution is -0.259. The Morgan fingerprint density at radius 1 is 0.592 bits per heavy atom. The Morgan fingerprint density at radius 3 is 1.50 bits per heavy atom. The van der Waals surface area contributed by atoms with E-state index in [0.717, 1.165) is 114 Å². The number of azide groups is 1. The van der Waals surface area contributed by atoms with Crippen molar-refractivity contribution in [2.24, 2.45) is 56.2 Å². The van der Waals surface area contributed by atoms with Gasteiger partial charge in [0.15, 0.2) is 12.6 Å². The zero-order valence-corrected chi connectivity index (χ0v) is 44.5. The maximum atomic E-state index is 12.4. The third kappa shape index (κ3) is 8.66. The lowest BCUT2D eigenvalue weighted by atomic mass is 9.45. The molecule has 416 valence electrons. The monoisotopic (exact) mass is 1060 g/mol. The predicted molar refractivity (Wildman–Crippen MR) is 276 cm³/mol. The maximum absolute atomic E-state index is 12.4. The van der Waals surface area contributed by atoms with E-state index in [4.69, 9.17) is 39.0 Å². The Kier molecular flexibility index (Phi) is 14.3. The van der Waals surface area contributed by atoms with Crippen LogP contribution >= 0.6 is 0 Å². The largest absolute Gasteiger partial charge is 0.431 e. The molecule has 6 unspecified atom stereocenters. The van der Waals surface area contributed by atoms with Crippen molar-refractivity contribution in [2.45, 2.75) is 215 Å². The van der Waals surface area contributed by atoms with Crippen LogP contribution in [0.5, 0.6) is 0 Å². The van der Waals surface area contributed by atoms with Crippen LogP contribution in [0.2, 0.25) is 0 Å². The number of nitrogens with two attached hydrogens (primary N) is 1. The maximum Gasteiger partial charge on any atom is 0.335 e. The highest BCUT2D eigenvalue weighted by atomic mass is 16.7. The number of ether oxygens (including phenoxy) is 4. The summed E-state index contributed by atoms with van der Waals surface area (Å²) >= 11 is 0. The summed E-state index contributed by atoms with van der Waals surface area (Å²) in [5, 5.41) is 69.6. The van der Waals surface area contributed by atoms with E-state index in [0.29, 0.717) is 11.8 Å². The fraction of sp³-hybridized carbons (Fsp3) is 0.759. The molecule has 18 heteroatoms. The second kappa shape index (κ2) is 20.1. The normalized spacial score (nSPS) is 48.4. The van der Waals surface area contributed by atoms with Crippen LogP contribution < -0.4 is 17.0 Å². The smallest absolute Gasteiger partial charge is 0.335 e. The van der Waals surface area contributed by atoms with Crippen LogP contribution in [0.1, 0.15) is 153 Å². The average molecular weight is 1060 g/mol. The van der Waals surface area contributed by atoms with Crippen molar-refractivity contribution in [3.63, 3.8) is 0 Å². The predicted octanol–water partition coefficient (Wildman–Crippen LogP) is 6.54. The van der Waals surface area contributed by atoms with Crippen molar-refractivity contribution in [3.8, 4) is 0 Å². The summed E-state index contributed by atoms with van der Waals surface area (Å²) in [5.41, 5.74) is 16.5. The first kappa shape index (κ1) is 54.2. The highest BCUT2D eigenvalue weighted by molar-refractivity contribution is 5.33. The summed E-state index contributed by atoms with van der Waals surface area (Å²) in [6, 6.07) is 5.27. The van der Waals surface area contributed by atoms with Gasteiger partial charge in [0.2, 0.25) is 0 Å². The van der Waals surface area contributed by atoms with Gasteiger partial charge in [-0.15, -0.1) is 0 Å². The quantitative estimate of drug-likeness (QED) is 0.0671. The molecule has 0 amide bonds. The molecule has 8 aliphatic carbocycles. The molecular formula is C58H80N4O14. The van der Waals surface area contributed by atoms with Crippen molar-refractivity contribution in [1.29, 1.82) is 0 Å². The molecule has 8 N–H and O–H groups in total. The van der Waals surface area contributed by atoms with Crippen LogP contribution in [0.15, 0.2) is 83.6 Å². The van der Waals surface area contributed by atoms with E-state index >= 15 is 0 Å². The molecule has 18 nitrogen and oxygen atoms in total. The number of aliphatic hydroxyl groups is 6. The van der Waals surface area contributed by atoms with Crippen molar-refractivity contribution in [2.75, 3.05) is 13.2 Å². The highest BCUT2D eigenvalue weighted by Gasteiger charge is 2.68. The fourth-order valence-electron chi connectivity index (χ4n) is 18.1. The molecule has 2 aliphatic heterocycles. The third-order valence-electron chi connectivity index (χ3n) is 22.6. The van der Waals surface area contributed by atoms with E-state index < -0.39 is 60.3 Å². The van der Waals surface area contributed by atoms with Crippen molar-refractivity contribution < 1.29 is 58.4 Å². The van der Waals surface area contributed by atoms with E-state index in [9.17, 15) is 40.2 Å². The fourth-order valence-corrected chi connectivity index (χ4v) is 18.1. The lowest BCUT2D eigenvalue weighted by Crippen LogP contribution is -2.60. The Morgan fingerprint density at radius 2 is 1.05 bits per heavy atom. The molecule has 12 rings (SSSR count). The van der Waals surface area contributed by atoms with Gasteiger partial charge in [-0.25, -0.2) is 9.59 Å². The number of aliphatic hydroxyl groups excluding tert-OH is 4. The summed E-state index contributed by atoms with van der Waals surface area (Å²) in [6.07, 6.45) is 14.9. The van der Waals surface area contributed by atoms with Crippen molar-refractivity contribution in [3.05, 3.63) is 103 Å². The molecule has 0 spiro atoms. The van der Waals surface area contributed by atoms with E-state index in [1.165, 1.54) is 23.3 Å². The average Bonchev–Trinajstić information content (AvgIpc) is 4.00. The molecule has 0 aromatic carbocycles. The molecule has 2 saturated heterocycles. The Hall–Kier alpha value is -3.75. The van der Waals surface area contributed by atoms with Crippen molar-refractivity contribution in [1.82, 2.24) is 0 Å². The summed E-state index contributed by atoms with van der Waals surface area (Å²) in [7, 11) is 0. The van der Waals surface area contributed by atoms with Gasteiger partial charge in [-0.05, 0) is 178 Å². The number of fused-ring (bicyclic) bond motifs is 10. The van der Waals surface area contributed by atoms with E-state index in [-0.39, 0.29) is 82.0 Å². The summed E-state index contributed by atoms with van der Waals surface area (Å²) in [5.74, 6) is 1.54. The number of allylic oxidation sites excluding steroid dienone is 2. The van der Waals surface area contributed by atoms with Crippen LogP contribution in [-0.2, 0) is 18.9 Å². The van der Waals surface area contributed by atoms with E-state index in [2.05, 4.69) is 49.9 Å². The Balaban J connectivity index is 0.000000162. The van der Waals surface area contributed by atoms with Gasteiger partial charge in [-0.1, -0.05) is 56.1 Å². The summed E-state index contributed by atoms with van der Waals surface area (Å²) in [4.78, 5) is 25.8. The molecule has 0 radical (unpaired) electrons. The number of rotatable bonds is 7. The molecule has 76 heavy (non-hydrogen) atoms. The minimum Gasteiger partial charge on any atom is -0.431 e. The SMILES string of the molecule is C[C@]12CC[C@H](OC3OC[C@H](N)[C@H](O)[C@@H]3O)C=C1CCC1C2CC[C@]2(C)[C@@H](c3ccc(=O)oc3)CC[C@]12O.C[C@]12CC[C@H](OC3OC[C@H](N=[N+]=[N-])[C@H](O)[C@@H]3O)C=C1CCC1C2CC[C@]2(C)[C@@H](c3ccc(=O)oc3)CC[C@]12O. The van der Waals surface area contributed by atoms with E-state index in [1.807, 2.05) is 12.1 Å². The van der Waals surface area contributed by atoms with Gasteiger partial charge < -0.3 is 64.2 Å². The Bertz CT molecular complexity index is 2690. The van der Waals surface area contributed by atoms with E-state index in [1.54, 1.807) is 12.5 Å². The minimum atomic E-state index is -1.30. The standard InChI is InChI=1S/C29H39N3O7.C29H41NO7/c1-27-10-7-18(39-26-25(35)24(34)22(15-38-26)31-32-30)13-17(27)4-5-21-20(27)8-11-28(2)19(9-12-29(21,28)36)16-3-6-23(33)37-14-16;1-27-10-7-18(37-26-25(33)24(32)22(30)15-36-26)13-17(27)4-5-21-20(27)8-11-28(2)19(9-12-29(21,28)34)16-3-6-23(31)35-14-16/h3,6,13-14,18-22,24-26,34-36H,4-5,7-12,15H2,1-2H3;3,6,13-14,18-22,24-26,32-34H,4-5,7-12,15,30H2,1-2H3/t2*18-,19+,20?,21?,22-,24-,25-,26?,27-,28+,29-/m00/s1. The minimum absolute atomic E-state index is 0.00533. The van der Waals surface area contributed by atoms with Gasteiger partial charge in [0.1, 0.15) is 18.3 Å². The Labute approximate surface area is 443 Å². The molecule has 2 aromatic heterocycles. The van der Waals surface area contributed by atoms with Crippen LogP contribution in [0, 0.1) is 45.3 Å². The first-order valence-corrected chi connectivity index (χ1v) is 28.3. The van der Waals surface area contributed by atoms with Gasteiger partial charge in [0, 0.05) is 27.9 Å². The molecule has 8 fully saturated rings. The lowest BCUT2D eigenvalue weighted by Gasteiger charge is -2.62. The van der Waals surface area contributed by atoms with Crippen molar-refractivity contribution >= 4 is 0 Å². The van der Waals surface area contributed by atoms with Gasteiger partial charge in [-0.3, -0.25) is 0 Å². The first-order valence-electron chi connectivity index (χ1n) is 28.3. The second-order valence-electron chi connectivity index (χ2n) is 25.7. The van der Waals surface area contributed by atoms with Crippen LogP contribution in [-0.4, -0.2) is 116 Å². The molecule has 4 heterocycles. The van der Waals surface area contributed by atoms with Gasteiger partial charge in [-0.2, -0.15) is 0 Å². The zero-order chi connectivity index (χ0) is 53.7. The molecule has 2 aromatic rings. The summed E-state index contributed by atoms with van der Waals surface area (Å²) in [6.45, 7) is 9.34. The molecule has 10 aliphatic rings. The molecule has 0 bridgehead atoms. The van der Waals surface area contributed by atoms with Crippen LogP contribution in [0.3, 0.4) is 0 Å². The number of hydrogen-bond acceptors (Lipinski definition) is 16. The summed E-state index contributed by atoms with van der Waals surface area (Å²) < 4.78 is 33.9.